The van der Waals surface area contributed by atoms with Crippen molar-refractivity contribution in [3.8, 4) is 11.5 Å². The van der Waals surface area contributed by atoms with Gasteiger partial charge in [-0.05, 0) is 77.9 Å². The molecule has 0 spiro atoms. The molecule has 0 saturated carbocycles. The van der Waals surface area contributed by atoms with E-state index in [0.29, 0.717) is 11.6 Å². The first-order valence-corrected chi connectivity index (χ1v) is 14.2. The Labute approximate surface area is 274 Å². The summed E-state index contributed by atoms with van der Waals surface area (Å²) in [5, 5.41) is 11.9. The quantitative estimate of drug-likeness (QED) is 0.100. The molecule has 0 aliphatic heterocycles. The number of carboxylic acids is 1. The normalized spacial score (nSPS) is 11.4. The van der Waals surface area contributed by atoms with Crippen LogP contribution in [0.3, 0.4) is 0 Å². The van der Waals surface area contributed by atoms with Crippen LogP contribution in [0.5, 0.6) is 11.5 Å². The SMILES string of the molecule is COc1ccc(CC(=O)Nc2ccc(C(=O)N(CC(=O)O)Cc3ccc(OC(=O)c4cccc(C(F)(F)F)c4)cc3)cc2)c(C(F)(F)F)c1. The molecule has 0 bridgehead atoms. The molecule has 2 N–H and O–H groups in total. The molecule has 0 atom stereocenters. The predicted octanol–water partition coefficient (Wildman–Crippen LogP) is 6.86. The van der Waals surface area contributed by atoms with Crippen LogP contribution in [0.15, 0.2) is 91.0 Å². The van der Waals surface area contributed by atoms with Crippen LogP contribution in [0, 0.1) is 0 Å². The van der Waals surface area contributed by atoms with E-state index in [0.717, 1.165) is 35.2 Å². The Hall–Kier alpha value is -5.86. The number of anilines is 1. The summed E-state index contributed by atoms with van der Waals surface area (Å²) in [7, 11) is 1.22. The van der Waals surface area contributed by atoms with Crippen molar-refractivity contribution < 1.29 is 60.1 Å². The highest BCUT2D eigenvalue weighted by Gasteiger charge is 2.34. The van der Waals surface area contributed by atoms with Gasteiger partial charge in [0.2, 0.25) is 5.91 Å². The lowest BCUT2D eigenvalue weighted by Gasteiger charge is -2.21. The second-order valence-electron chi connectivity index (χ2n) is 10.5. The molecule has 15 heteroatoms. The van der Waals surface area contributed by atoms with Gasteiger partial charge < -0.3 is 24.8 Å². The highest BCUT2D eigenvalue weighted by atomic mass is 19.4. The van der Waals surface area contributed by atoms with Gasteiger partial charge in [-0.25, -0.2) is 4.79 Å². The molecule has 2 amide bonds. The van der Waals surface area contributed by atoms with Crippen LogP contribution < -0.4 is 14.8 Å². The lowest BCUT2D eigenvalue weighted by atomic mass is 10.0. The number of benzene rings is 4. The average molecular weight is 689 g/mol. The fourth-order valence-corrected chi connectivity index (χ4v) is 4.59. The number of amides is 2. The van der Waals surface area contributed by atoms with Crippen molar-refractivity contribution in [3.05, 3.63) is 124 Å². The second-order valence-corrected chi connectivity index (χ2v) is 10.5. The first kappa shape index (κ1) is 36.0. The maximum Gasteiger partial charge on any atom is 0.416 e. The fourth-order valence-electron chi connectivity index (χ4n) is 4.59. The Kier molecular flexibility index (Phi) is 11.0. The van der Waals surface area contributed by atoms with E-state index < -0.39 is 60.2 Å². The first-order chi connectivity index (χ1) is 23.0. The Morgan fingerprint density at radius 2 is 1.43 bits per heavy atom. The van der Waals surface area contributed by atoms with E-state index in [-0.39, 0.29) is 40.4 Å². The molecule has 0 heterocycles. The van der Waals surface area contributed by atoms with Gasteiger partial charge in [-0.3, -0.25) is 14.4 Å². The number of halogens is 6. The minimum absolute atomic E-state index is 0.0125. The van der Waals surface area contributed by atoms with Crippen LogP contribution in [0.25, 0.3) is 0 Å². The summed E-state index contributed by atoms with van der Waals surface area (Å²) in [5.74, 6) is -3.85. The molecule has 0 saturated heterocycles. The summed E-state index contributed by atoms with van der Waals surface area (Å²) in [6.45, 7) is -0.901. The van der Waals surface area contributed by atoms with Crippen LogP contribution in [0.1, 0.15) is 43.0 Å². The van der Waals surface area contributed by atoms with Crippen molar-refractivity contribution in [2.75, 3.05) is 19.0 Å². The zero-order chi connectivity index (χ0) is 35.9. The van der Waals surface area contributed by atoms with E-state index in [1.165, 1.54) is 61.7 Å². The molecule has 0 aliphatic rings. The molecule has 0 radical (unpaired) electrons. The van der Waals surface area contributed by atoms with Crippen molar-refractivity contribution in [1.29, 1.82) is 0 Å². The number of nitrogens with one attached hydrogen (secondary N) is 1. The number of carboxylic acid groups (broad SMARTS) is 1. The van der Waals surface area contributed by atoms with Gasteiger partial charge in [-0.2, -0.15) is 26.3 Å². The number of hydrogen-bond donors (Lipinski definition) is 2. The van der Waals surface area contributed by atoms with Crippen molar-refractivity contribution in [3.63, 3.8) is 0 Å². The van der Waals surface area contributed by atoms with E-state index in [4.69, 9.17) is 9.47 Å². The van der Waals surface area contributed by atoms with E-state index in [9.17, 15) is 50.6 Å². The van der Waals surface area contributed by atoms with Gasteiger partial charge in [-0.15, -0.1) is 0 Å². The lowest BCUT2D eigenvalue weighted by Crippen LogP contribution is -2.35. The largest absolute Gasteiger partial charge is 0.497 e. The predicted molar refractivity (Wildman–Crippen MR) is 162 cm³/mol. The summed E-state index contributed by atoms with van der Waals surface area (Å²) < 4.78 is 89.4. The number of esters is 1. The molecule has 49 heavy (non-hydrogen) atoms. The molecule has 4 rings (SSSR count). The summed E-state index contributed by atoms with van der Waals surface area (Å²) >= 11 is 0. The topological polar surface area (TPSA) is 122 Å². The van der Waals surface area contributed by atoms with Gasteiger partial charge in [0.25, 0.3) is 5.91 Å². The molecule has 0 fully saturated rings. The lowest BCUT2D eigenvalue weighted by molar-refractivity contribution is -0.139. The minimum atomic E-state index is -4.72. The first-order valence-electron chi connectivity index (χ1n) is 14.2. The van der Waals surface area contributed by atoms with E-state index in [1.54, 1.807) is 0 Å². The van der Waals surface area contributed by atoms with Crippen molar-refractivity contribution in [2.24, 2.45) is 0 Å². The average Bonchev–Trinajstić information content (AvgIpc) is 3.04. The molecule has 9 nitrogen and oxygen atoms in total. The number of methoxy groups -OCH3 is 1. The third-order valence-corrected chi connectivity index (χ3v) is 6.94. The number of ether oxygens (including phenoxy) is 2. The Bertz CT molecular complexity index is 1840. The number of hydrogen-bond acceptors (Lipinski definition) is 6. The van der Waals surface area contributed by atoms with Gasteiger partial charge in [0.05, 0.1) is 30.2 Å². The molecular formula is C34H26F6N2O7. The highest BCUT2D eigenvalue weighted by Crippen LogP contribution is 2.35. The van der Waals surface area contributed by atoms with Crippen LogP contribution in [0.4, 0.5) is 32.0 Å². The van der Waals surface area contributed by atoms with Gasteiger partial charge in [0, 0.05) is 17.8 Å². The summed E-state index contributed by atoms with van der Waals surface area (Å²) in [5.41, 5.74) is -2.00. The third-order valence-electron chi connectivity index (χ3n) is 6.94. The van der Waals surface area contributed by atoms with E-state index >= 15 is 0 Å². The van der Waals surface area contributed by atoms with Crippen molar-refractivity contribution in [2.45, 2.75) is 25.3 Å². The highest BCUT2D eigenvalue weighted by molar-refractivity contribution is 5.97. The van der Waals surface area contributed by atoms with Crippen LogP contribution in [0.2, 0.25) is 0 Å². The molecular weight excluding hydrogens is 662 g/mol. The summed E-state index contributed by atoms with van der Waals surface area (Å²) in [6.07, 6.45) is -9.98. The Balaban J connectivity index is 1.40. The molecule has 0 aromatic heterocycles. The monoisotopic (exact) mass is 688 g/mol. The second kappa shape index (κ2) is 14.9. The Morgan fingerprint density at radius 3 is 2.02 bits per heavy atom. The Morgan fingerprint density at radius 1 is 0.776 bits per heavy atom. The van der Waals surface area contributed by atoms with Crippen LogP contribution in [-0.4, -0.2) is 47.4 Å². The maximum absolute atomic E-state index is 13.5. The number of nitrogens with zero attached hydrogens (tertiary/aromatic N) is 1. The molecule has 256 valence electrons. The van der Waals surface area contributed by atoms with Crippen molar-refractivity contribution >= 4 is 29.4 Å². The maximum atomic E-state index is 13.5. The van der Waals surface area contributed by atoms with Gasteiger partial charge in [-0.1, -0.05) is 24.3 Å². The number of rotatable bonds is 11. The van der Waals surface area contributed by atoms with E-state index in [2.05, 4.69) is 5.32 Å². The zero-order valence-electron chi connectivity index (χ0n) is 25.4. The van der Waals surface area contributed by atoms with Gasteiger partial charge in [0.15, 0.2) is 0 Å². The molecule has 0 aliphatic carbocycles. The van der Waals surface area contributed by atoms with Crippen LogP contribution >= 0.6 is 0 Å². The third kappa shape index (κ3) is 9.82. The van der Waals surface area contributed by atoms with Crippen molar-refractivity contribution in [1.82, 2.24) is 4.90 Å². The summed E-state index contributed by atoms with van der Waals surface area (Å²) in [4.78, 5) is 50.7. The standard InChI is InChI=1S/C34H26F6N2O7/c1-48-27-14-9-22(28(17-27)34(38,39)40)16-29(43)41-25-10-7-21(8-11-25)31(46)42(19-30(44)45)18-20-5-12-26(13-6-20)49-32(47)23-3-2-4-24(15-23)33(35,36)37/h2-15,17H,16,18-19H2,1H3,(H,41,43)(H,44,45). The fraction of sp³-hybridized carbons (Fsp3) is 0.176. The number of carbonyl (C=O) groups is 4. The minimum Gasteiger partial charge on any atom is -0.497 e. The van der Waals surface area contributed by atoms with Gasteiger partial charge >= 0.3 is 24.3 Å². The number of aliphatic carboxylic acids is 1. The van der Waals surface area contributed by atoms with Gasteiger partial charge in [0.1, 0.15) is 18.0 Å². The summed E-state index contributed by atoms with van der Waals surface area (Å²) in [6, 6.07) is 17.7. The van der Waals surface area contributed by atoms with E-state index in [1.807, 2.05) is 0 Å². The molecule has 0 unspecified atom stereocenters. The molecule has 4 aromatic rings. The smallest absolute Gasteiger partial charge is 0.416 e. The number of carbonyl (C=O) groups excluding carboxylic acids is 3. The number of alkyl halides is 6. The zero-order valence-corrected chi connectivity index (χ0v) is 25.4. The molecule has 4 aromatic carbocycles. The van der Waals surface area contributed by atoms with Crippen LogP contribution in [-0.2, 0) is 34.9 Å².